The van der Waals surface area contributed by atoms with Crippen molar-refractivity contribution in [2.75, 3.05) is 14.1 Å². The van der Waals surface area contributed by atoms with Crippen molar-refractivity contribution in [1.82, 2.24) is 5.32 Å². The molecular formula is C20H27N2OS+. The van der Waals surface area contributed by atoms with Gasteiger partial charge in [0.2, 0.25) is 0 Å². The number of rotatable bonds is 5. The molecule has 3 nitrogen and oxygen atoms in total. The monoisotopic (exact) mass is 343 g/mol. The number of hydrogen-bond acceptors (Lipinski definition) is 2. The topological polar surface area (TPSA) is 33.5 Å². The van der Waals surface area contributed by atoms with Crippen LogP contribution in [0.5, 0.6) is 0 Å². The lowest BCUT2D eigenvalue weighted by Gasteiger charge is -2.12. The highest BCUT2D eigenvalue weighted by atomic mass is 32.1. The van der Waals surface area contributed by atoms with Crippen LogP contribution in [0.3, 0.4) is 0 Å². The average molecular weight is 344 g/mol. The van der Waals surface area contributed by atoms with Gasteiger partial charge in [-0.1, -0.05) is 30.7 Å². The second-order valence-electron chi connectivity index (χ2n) is 6.95. The second kappa shape index (κ2) is 7.95. The Kier molecular flexibility index (Phi) is 5.69. The van der Waals surface area contributed by atoms with Crippen LogP contribution in [0, 0.1) is 0 Å². The molecule has 1 amide bonds. The predicted molar refractivity (Wildman–Crippen MR) is 99.7 cm³/mol. The molecule has 0 bridgehead atoms. The highest BCUT2D eigenvalue weighted by Crippen LogP contribution is 2.29. The number of benzene rings is 1. The Morgan fingerprint density at radius 2 is 1.88 bits per heavy atom. The van der Waals surface area contributed by atoms with Crippen molar-refractivity contribution in [3.63, 3.8) is 0 Å². The molecule has 24 heavy (non-hydrogen) atoms. The van der Waals surface area contributed by atoms with Crippen molar-refractivity contribution >= 4 is 17.2 Å². The highest BCUT2D eigenvalue weighted by Gasteiger charge is 2.16. The van der Waals surface area contributed by atoms with Crippen molar-refractivity contribution in [2.24, 2.45) is 0 Å². The maximum Gasteiger partial charge on any atom is 0.261 e. The Morgan fingerprint density at radius 3 is 2.67 bits per heavy atom. The Labute approximate surface area is 148 Å². The third-order valence-electron chi connectivity index (χ3n) is 4.57. The Balaban J connectivity index is 1.66. The van der Waals surface area contributed by atoms with E-state index < -0.39 is 0 Å². The van der Waals surface area contributed by atoms with E-state index in [2.05, 4.69) is 43.7 Å². The van der Waals surface area contributed by atoms with Gasteiger partial charge in [0, 0.05) is 17.0 Å². The number of aryl methyl sites for hydroxylation is 2. The van der Waals surface area contributed by atoms with E-state index in [1.54, 1.807) is 11.3 Å². The van der Waals surface area contributed by atoms with Gasteiger partial charge in [0.05, 0.1) is 19.0 Å². The smallest absolute Gasteiger partial charge is 0.261 e. The van der Waals surface area contributed by atoms with Crippen LogP contribution in [-0.2, 0) is 25.9 Å². The van der Waals surface area contributed by atoms with Gasteiger partial charge in [-0.15, -0.1) is 11.3 Å². The minimum atomic E-state index is 0.0695. The fourth-order valence-corrected chi connectivity index (χ4v) is 4.50. The van der Waals surface area contributed by atoms with Crippen molar-refractivity contribution in [3.8, 4) is 0 Å². The van der Waals surface area contributed by atoms with Gasteiger partial charge in [-0.25, -0.2) is 0 Å². The van der Waals surface area contributed by atoms with Crippen LogP contribution in [0.4, 0.5) is 0 Å². The molecule has 0 fully saturated rings. The molecule has 128 valence electrons. The molecule has 0 spiro atoms. The number of nitrogens with one attached hydrogen (secondary N) is 2. The van der Waals surface area contributed by atoms with Gasteiger partial charge in [-0.2, -0.15) is 0 Å². The van der Waals surface area contributed by atoms with Crippen LogP contribution >= 0.6 is 11.3 Å². The number of carbonyl (C=O) groups is 1. The number of carbonyl (C=O) groups excluding carboxylic acids is 1. The quantitative estimate of drug-likeness (QED) is 0.804. The van der Waals surface area contributed by atoms with E-state index in [1.807, 2.05) is 6.07 Å². The molecule has 0 atom stereocenters. The molecule has 0 saturated carbocycles. The molecule has 0 radical (unpaired) electrons. The second-order valence-corrected chi connectivity index (χ2v) is 8.09. The van der Waals surface area contributed by atoms with Gasteiger partial charge >= 0.3 is 0 Å². The lowest BCUT2D eigenvalue weighted by molar-refractivity contribution is -0.872. The standard InChI is InChI=1S/C20H26N2OS/c1-22(2)14-17-10-7-6-9-16(17)13-21-20(23)19-12-15-8-4-3-5-11-18(15)24-19/h6-7,9-10,12H,3-5,8,11,13-14H2,1-2H3,(H,21,23)/p+1. The van der Waals surface area contributed by atoms with Gasteiger partial charge in [0.1, 0.15) is 6.54 Å². The predicted octanol–water partition coefficient (Wildman–Crippen LogP) is 2.59. The minimum Gasteiger partial charge on any atom is -0.347 e. The Morgan fingerprint density at radius 1 is 1.12 bits per heavy atom. The summed E-state index contributed by atoms with van der Waals surface area (Å²) < 4.78 is 0. The zero-order valence-electron chi connectivity index (χ0n) is 14.7. The first kappa shape index (κ1) is 17.2. The first-order valence-electron chi connectivity index (χ1n) is 8.89. The summed E-state index contributed by atoms with van der Waals surface area (Å²) in [5.74, 6) is 0.0695. The van der Waals surface area contributed by atoms with E-state index in [1.165, 1.54) is 45.7 Å². The lowest BCUT2D eigenvalue weighted by atomic mass is 10.1. The molecule has 0 aliphatic heterocycles. The first-order valence-corrected chi connectivity index (χ1v) is 9.70. The van der Waals surface area contributed by atoms with Crippen LogP contribution in [0.15, 0.2) is 30.3 Å². The van der Waals surface area contributed by atoms with Gasteiger partial charge < -0.3 is 10.2 Å². The molecule has 1 aliphatic carbocycles. The summed E-state index contributed by atoms with van der Waals surface area (Å²) in [6.45, 7) is 1.57. The van der Waals surface area contributed by atoms with Gasteiger partial charge in [0.15, 0.2) is 0 Å². The molecule has 3 rings (SSSR count). The van der Waals surface area contributed by atoms with Gasteiger partial charge in [-0.05, 0) is 42.9 Å². The lowest BCUT2D eigenvalue weighted by Crippen LogP contribution is -3.04. The third-order valence-corrected chi connectivity index (χ3v) is 5.81. The molecule has 0 unspecified atom stereocenters. The maximum atomic E-state index is 12.5. The summed E-state index contributed by atoms with van der Waals surface area (Å²) in [5.41, 5.74) is 3.92. The van der Waals surface area contributed by atoms with Crippen LogP contribution in [0.1, 0.15) is 50.5 Å². The summed E-state index contributed by atoms with van der Waals surface area (Å²) in [6, 6.07) is 10.5. The molecule has 1 aliphatic rings. The van der Waals surface area contributed by atoms with E-state index in [9.17, 15) is 4.79 Å². The zero-order chi connectivity index (χ0) is 16.9. The van der Waals surface area contributed by atoms with Crippen LogP contribution in [0.25, 0.3) is 0 Å². The summed E-state index contributed by atoms with van der Waals surface area (Å²) in [5, 5.41) is 3.12. The molecule has 1 heterocycles. The Hall–Kier alpha value is -1.65. The zero-order valence-corrected chi connectivity index (χ0v) is 15.5. The van der Waals surface area contributed by atoms with Crippen LogP contribution in [0.2, 0.25) is 0 Å². The van der Waals surface area contributed by atoms with E-state index in [0.717, 1.165) is 24.3 Å². The van der Waals surface area contributed by atoms with Crippen molar-refractivity contribution in [1.29, 1.82) is 0 Å². The van der Waals surface area contributed by atoms with Gasteiger partial charge in [-0.3, -0.25) is 4.79 Å². The summed E-state index contributed by atoms with van der Waals surface area (Å²) in [4.78, 5) is 16.2. The van der Waals surface area contributed by atoms with E-state index >= 15 is 0 Å². The molecule has 2 N–H and O–H groups in total. The van der Waals surface area contributed by atoms with Gasteiger partial charge in [0.25, 0.3) is 5.91 Å². The highest BCUT2D eigenvalue weighted by molar-refractivity contribution is 7.14. The summed E-state index contributed by atoms with van der Waals surface area (Å²) in [6.07, 6.45) is 6.10. The molecule has 0 saturated heterocycles. The van der Waals surface area contributed by atoms with Crippen molar-refractivity contribution < 1.29 is 9.69 Å². The maximum absolute atomic E-state index is 12.5. The Bertz CT molecular complexity index is 682. The van der Waals surface area contributed by atoms with Crippen molar-refractivity contribution in [3.05, 3.63) is 56.8 Å². The van der Waals surface area contributed by atoms with E-state index in [4.69, 9.17) is 0 Å². The molecule has 1 aromatic heterocycles. The normalized spacial score (nSPS) is 14.3. The van der Waals surface area contributed by atoms with Crippen LogP contribution < -0.4 is 10.2 Å². The fraction of sp³-hybridized carbons (Fsp3) is 0.450. The van der Waals surface area contributed by atoms with E-state index in [0.29, 0.717) is 6.54 Å². The van der Waals surface area contributed by atoms with Crippen molar-refractivity contribution in [2.45, 2.75) is 45.2 Å². The number of amides is 1. The SMILES string of the molecule is C[NH+](C)Cc1ccccc1CNC(=O)c1cc2c(s1)CCCCC2. The third kappa shape index (κ3) is 4.25. The molecule has 2 aromatic rings. The van der Waals surface area contributed by atoms with Crippen LogP contribution in [-0.4, -0.2) is 20.0 Å². The molecular weight excluding hydrogens is 316 g/mol. The minimum absolute atomic E-state index is 0.0695. The summed E-state index contributed by atoms with van der Waals surface area (Å²) in [7, 11) is 4.29. The summed E-state index contributed by atoms with van der Waals surface area (Å²) >= 11 is 1.69. The number of hydrogen-bond donors (Lipinski definition) is 2. The number of fused-ring (bicyclic) bond motifs is 1. The number of quaternary nitrogens is 1. The van der Waals surface area contributed by atoms with E-state index in [-0.39, 0.29) is 5.91 Å². The molecule has 4 heteroatoms. The largest absolute Gasteiger partial charge is 0.347 e. The molecule has 1 aromatic carbocycles. The fourth-order valence-electron chi connectivity index (χ4n) is 3.33. The first-order chi connectivity index (χ1) is 11.6. The average Bonchev–Trinajstić information content (AvgIpc) is 2.84. The number of thiophene rings is 1.